The van der Waals surface area contributed by atoms with E-state index in [1.807, 2.05) is 43.3 Å². The molecule has 162 valence electrons. The van der Waals surface area contributed by atoms with Gasteiger partial charge in [-0.3, -0.25) is 0 Å². The second kappa shape index (κ2) is 10.5. The van der Waals surface area contributed by atoms with E-state index in [0.717, 1.165) is 42.0 Å². The highest BCUT2D eigenvalue weighted by atomic mass is 32.1. The number of aryl methyl sites for hydroxylation is 1. The van der Waals surface area contributed by atoms with Gasteiger partial charge in [0.15, 0.2) is 16.6 Å². The zero-order valence-corrected chi connectivity index (χ0v) is 18.9. The Morgan fingerprint density at radius 3 is 2.50 bits per heavy atom. The topological polar surface area (TPSA) is 52.2 Å². The molecule has 0 amide bonds. The van der Waals surface area contributed by atoms with Crippen LogP contribution in [-0.2, 0) is 11.3 Å². The molecule has 2 aromatic carbocycles. The third-order valence-electron chi connectivity index (χ3n) is 5.16. The van der Waals surface area contributed by atoms with Crippen LogP contribution in [0.15, 0.2) is 36.4 Å². The Bertz CT molecular complexity index is 868. The lowest BCUT2D eigenvalue weighted by Gasteiger charge is -2.29. The standard InChI is InChI=1S/C23H30N2O4S/c1-16-7-9-19(21(12-16)27-3)24-23(30)25(15-18-6-5-11-29-18)14-17-8-10-20(26-2)22(13-17)28-4/h7-10,12-13,18H,5-6,11,14-15H2,1-4H3,(H,24,30). The van der Waals surface area contributed by atoms with E-state index in [-0.39, 0.29) is 6.10 Å². The normalized spacial score (nSPS) is 15.5. The molecule has 1 aliphatic rings. The molecule has 30 heavy (non-hydrogen) atoms. The predicted molar refractivity (Wildman–Crippen MR) is 123 cm³/mol. The number of nitrogens with zero attached hydrogens (tertiary/aromatic N) is 1. The first-order chi connectivity index (χ1) is 14.5. The van der Waals surface area contributed by atoms with E-state index in [4.69, 9.17) is 31.2 Å². The average molecular weight is 431 g/mol. The molecule has 2 aromatic rings. The number of nitrogens with one attached hydrogen (secondary N) is 1. The molecular formula is C23H30N2O4S. The molecule has 1 fully saturated rings. The van der Waals surface area contributed by atoms with Crippen molar-refractivity contribution in [1.29, 1.82) is 0 Å². The summed E-state index contributed by atoms with van der Waals surface area (Å²) >= 11 is 5.79. The van der Waals surface area contributed by atoms with Gasteiger partial charge in [0.25, 0.3) is 0 Å². The highest BCUT2D eigenvalue weighted by Crippen LogP contribution is 2.29. The summed E-state index contributed by atoms with van der Waals surface area (Å²) in [5.41, 5.74) is 3.05. The van der Waals surface area contributed by atoms with Crippen LogP contribution in [0, 0.1) is 6.92 Å². The van der Waals surface area contributed by atoms with E-state index in [2.05, 4.69) is 10.2 Å². The number of hydrogen-bond donors (Lipinski definition) is 1. The monoisotopic (exact) mass is 430 g/mol. The number of ether oxygens (including phenoxy) is 4. The summed E-state index contributed by atoms with van der Waals surface area (Å²) < 4.78 is 22.2. The number of anilines is 1. The first-order valence-corrected chi connectivity index (χ1v) is 10.5. The Hall–Kier alpha value is -2.51. The van der Waals surface area contributed by atoms with Gasteiger partial charge in [-0.05, 0) is 67.4 Å². The van der Waals surface area contributed by atoms with Crippen LogP contribution in [0.3, 0.4) is 0 Å². The van der Waals surface area contributed by atoms with E-state index in [9.17, 15) is 0 Å². The number of rotatable bonds is 8. The molecule has 6 nitrogen and oxygen atoms in total. The van der Waals surface area contributed by atoms with Crippen LogP contribution in [0.5, 0.6) is 17.2 Å². The minimum absolute atomic E-state index is 0.171. The molecule has 0 aromatic heterocycles. The maximum Gasteiger partial charge on any atom is 0.173 e. The lowest BCUT2D eigenvalue weighted by Crippen LogP contribution is -2.39. The summed E-state index contributed by atoms with van der Waals surface area (Å²) in [7, 11) is 4.94. The molecule has 0 saturated carbocycles. The summed E-state index contributed by atoms with van der Waals surface area (Å²) in [5.74, 6) is 2.17. The highest BCUT2D eigenvalue weighted by Gasteiger charge is 2.22. The van der Waals surface area contributed by atoms with Gasteiger partial charge in [0.1, 0.15) is 5.75 Å². The van der Waals surface area contributed by atoms with Crippen LogP contribution >= 0.6 is 12.2 Å². The van der Waals surface area contributed by atoms with Crippen LogP contribution in [0.2, 0.25) is 0 Å². The summed E-state index contributed by atoms with van der Waals surface area (Å²) in [5, 5.41) is 3.98. The SMILES string of the molecule is COc1cc(C)ccc1NC(=S)N(Cc1ccc(OC)c(OC)c1)CC1CCCO1. The van der Waals surface area contributed by atoms with E-state index in [0.29, 0.717) is 29.7 Å². The van der Waals surface area contributed by atoms with Crippen molar-refractivity contribution in [3.05, 3.63) is 47.5 Å². The fourth-order valence-corrected chi connectivity index (χ4v) is 3.80. The van der Waals surface area contributed by atoms with Gasteiger partial charge in [-0.15, -0.1) is 0 Å². The van der Waals surface area contributed by atoms with E-state index < -0.39 is 0 Å². The van der Waals surface area contributed by atoms with Crippen LogP contribution in [0.4, 0.5) is 5.69 Å². The van der Waals surface area contributed by atoms with Gasteiger partial charge < -0.3 is 29.2 Å². The molecule has 1 atom stereocenters. The molecule has 1 heterocycles. The first-order valence-electron chi connectivity index (χ1n) is 10.1. The second-order valence-corrected chi connectivity index (χ2v) is 7.73. The molecule has 0 radical (unpaired) electrons. The van der Waals surface area contributed by atoms with Crippen LogP contribution < -0.4 is 19.5 Å². The molecule has 0 aliphatic carbocycles. The Kier molecular flexibility index (Phi) is 7.76. The maximum absolute atomic E-state index is 5.87. The summed E-state index contributed by atoms with van der Waals surface area (Å²) in [6, 6.07) is 11.9. The zero-order valence-electron chi connectivity index (χ0n) is 18.1. The molecule has 1 N–H and O–H groups in total. The van der Waals surface area contributed by atoms with Crippen molar-refractivity contribution < 1.29 is 18.9 Å². The second-order valence-electron chi connectivity index (χ2n) is 7.34. The molecule has 3 rings (SSSR count). The van der Waals surface area contributed by atoms with Crippen molar-refractivity contribution >= 4 is 23.0 Å². The van der Waals surface area contributed by atoms with Crippen molar-refractivity contribution in [2.24, 2.45) is 0 Å². The smallest absolute Gasteiger partial charge is 0.173 e. The Morgan fingerprint density at radius 1 is 1.07 bits per heavy atom. The first kappa shape index (κ1) is 22.2. The maximum atomic E-state index is 5.87. The van der Waals surface area contributed by atoms with Gasteiger partial charge in [0.2, 0.25) is 0 Å². The molecule has 0 bridgehead atoms. The zero-order chi connectivity index (χ0) is 21.5. The van der Waals surface area contributed by atoms with Gasteiger partial charge in [-0.25, -0.2) is 0 Å². The molecule has 0 spiro atoms. The van der Waals surface area contributed by atoms with E-state index >= 15 is 0 Å². The van der Waals surface area contributed by atoms with Crippen LogP contribution in [0.1, 0.15) is 24.0 Å². The lowest BCUT2D eigenvalue weighted by molar-refractivity contribution is 0.0905. The predicted octanol–water partition coefficient (Wildman–Crippen LogP) is 4.40. The number of benzene rings is 2. The number of hydrogen-bond acceptors (Lipinski definition) is 5. The van der Waals surface area contributed by atoms with Gasteiger partial charge in [0, 0.05) is 19.7 Å². The quantitative estimate of drug-likeness (QED) is 0.623. The molecule has 1 saturated heterocycles. The van der Waals surface area contributed by atoms with Gasteiger partial charge in [-0.2, -0.15) is 0 Å². The minimum Gasteiger partial charge on any atom is -0.495 e. The fourth-order valence-electron chi connectivity index (χ4n) is 3.55. The van der Waals surface area contributed by atoms with Gasteiger partial charge in [0.05, 0.1) is 33.1 Å². The van der Waals surface area contributed by atoms with Crippen molar-refractivity contribution in [1.82, 2.24) is 4.90 Å². The van der Waals surface area contributed by atoms with Crippen molar-refractivity contribution in [2.45, 2.75) is 32.4 Å². The van der Waals surface area contributed by atoms with Crippen LogP contribution in [-0.4, -0.2) is 50.6 Å². The Labute approximate surface area is 184 Å². The van der Waals surface area contributed by atoms with Crippen molar-refractivity contribution in [3.63, 3.8) is 0 Å². The number of thiocarbonyl (C=S) groups is 1. The third kappa shape index (κ3) is 5.55. The molecule has 7 heteroatoms. The number of methoxy groups -OCH3 is 3. The van der Waals surface area contributed by atoms with E-state index in [1.54, 1.807) is 21.3 Å². The molecule has 1 aliphatic heterocycles. The van der Waals surface area contributed by atoms with Crippen molar-refractivity contribution in [3.8, 4) is 17.2 Å². The average Bonchev–Trinajstić information content (AvgIpc) is 3.27. The Morgan fingerprint density at radius 2 is 1.83 bits per heavy atom. The van der Waals surface area contributed by atoms with Crippen molar-refractivity contribution in [2.75, 3.05) is 39.8 Å². The van der Waals surface area contributed by atoms with Gasteiger partial charge >= 0.3 is 0 Å². The fraction of sp³-hybridized carbons (Fsp3) is 0.435. The van der Waals surface area contributed by atoms with Gasteiger partial charge in [-0.1, -0.05) is 12.1 Å². The van der Waals surface area contributed by atoms with Crippen LogP contribution in [0.25, 0.3) is 0 Å². The van der Waals surface area contributed by atoms with E-state index in [1.165, 1.54) is 0 Å². The summed E-state index contributed by atoms with van der Waals surface area (Å²) in [6.07, 6.45) is 2.30. The molecular weight excluding hydrogens is 400 g/mol. The highest BCUT2D eigenvalue weighted by molar-refractivity contribution is 7.80. The Balaban J connectivity index is 1.80. The minimum atomic E-state index is 0.171. The largest absolute Gasteiger partial charge is 0.495 e. The summed E-state index contributed by atoms with van der Waals surface area (Å²) in [6.45, 7) is 4.18. The lowest BCUT2D eigenvalue weighted by atomic mass is 10.1. The molecule has 1 unspecified atom stereocenters. The third-order valence-corrected chi connectivity index (χ3v) is 5.52. The summed E-state index contributed by atoms with van der Waals surface area (Å²) in [4.78, 5) is 2.13.